The van der Waals surface area contributed by atoms with Gasteiger partial charge in [0.15, 0.2) is 0 Å². The van der Waals surface area contributed by atoms with Crippen molar-refractivity contribution in [1.29, 1.82) is 0 Å². The van der Waals surface area contributed by atoms with E-state index in [9.17, 15) is 18.0 Å². The number of likely N-dealkylation sites (tertiary alicyclic amines) is 1. The van der Waals surface area contributed by atoms with Crippen LogP contribution in [0.3, 0.4) is 0 Å². The number of fused-ring (bicyclic) bond motifs is 2. The smallest absolute Gasteiger partial charge is 0.409 e. The topological polar surface area (TPSA) is 41.6 Å². The summed E-state index contributed by atoms with van der Waals surface area (Å²) in [5.41, 5.74) is 0. The molecule has 1 amide bonds. The van der Waals surface area contributed by atoms with E-state index in [2.05, 4.69) is 25.0 Å². The Labute approximate surface area is 124 Å². The third-order valence-electron chi connectivity index (χ3n) is 4.06. The molecule has 4 nitrogen and oxygen atoms in total. The Hall–Kier alpha value is -0.763. The zero-order valence-electron chi connectivity index (χ0n) is 12.7. The molecule has 2 rings (SSSR count). The lowest BCUT2D eigenvalue weighted by atomic mass is 9.95. The minimum atomic E-state index is -4.25. The van der Waals surface area contributed by atoms with Crippen LogP contribution < -0.4 is 5.32 Å². The molecule has 0 aromatic carbocycles. The first-order valence-corrected chi connectivity index (χ1v) is 11.0. The highest BCUT2D eigenvalue weighted by Gasteiger charge is 2.53. The lowest BCUT2D eigenvalue weighted by Crippen LogP contribution is -2.45. The van der Waals surface area contributed by atoms with Crippen molar-refractivity contribution in [2.45, 2.75) is 50.4 Å². The van der Waals surface area contributed by atoms with Gasteiger partial charge in [-0.25, -0.2) is 4.79 Å². The molecule has 2 aliphatic heterocycles. The maximum absolute atomic E-state index is 12.9. The zero-order valence-corrected chi connectivity index (χ0v) is 13.7. The van der Waals surface area contributed by atoms with Gasteiger partial charge in [-0.2, -0.15) is 13.2 Å². The highest BCUT2D eigenvalue weighted by molar-refractivity contribution is 6.76. The van der Waals surface area contributed by atoms with Crippen LogP contribution in [-0.2, 0) is 4.74 Å². The number of halogens is 3. The minimum Gasteiger partial charge on any atom is -0.450 e. The molecule has 2 unspecified atom stereocenters. The zero-order chi connectivity index (χ0) is 15.8. The van der Waals surface area contributed by atoms with E-state index in [1.54, 1.807) is 0 Å². The summed E-state index contributed by atoms with van der Waals surface area (Å²) in [4.78, 5) is 13.4. The van der Waals surface area contributed by atoms with Crippen molar-refractivity contribution in [3.63, 3.8) is 0 Å². The van der Waals surface area contributed by atoms with Crippen molar-refractivity contribution in [3.8, 4) is 0 Å². The van der Waals surface area contributed by atoms with E-state index in [1.165, 1.54) is 4.90 Å². The number of hydrogen-bond acceptors (Lipinski definition) is 3. The number of piperidine rings is 1. The van der Waals surface area contributed by atoms with Crippen molar-refractivity contribution >= 4 is 14.2 Å². The quantitative estimate of drug-likeness (QED) is 0.812. The van der Waals surface area contributed by atoms with Crippen molar-refractivity contribution in [2.75, 3.05) is 19.7 Å². The molecule has 2 aliphatic rings. The summed E-state index contributed by atoms with van der Waals surface area (Å²) in [6.07, 6.45) is -4.26. The van der Waals surface area contributed by atoms with E-state index in [1.807, 2.05) is 0 Å². The van der Waals surface area contributed by atoms with Crippen LogP contribution in [-0.4, -0.2) is 57.0 Å². The third-order valence-corrected chi connectivity index (χ3v) is 5.76. The molecular weight excluding hydrogens is 301 g/mol. The van der Waals surface area contributed by atoms with E-state index in [-0.39, 0.29) is 12.6 Å². The Morgan fingerprint density at radius 3 is 2.57 bits per heavy atom. The van der Waals surface area contributed by atoms with Gasteiger partial charge < -0.3 is 15.0 Å². The van der Waals surface area contributed by atoms with Gasteiger partial charge in [0.05, 0.1) is 6.61 Å². The van der Waals surface area contributed by atoms with Gasteiger partial charge in [0, 0.05) is 33.1 Å². The molecule has 2 bridgehead atoms. The Morgan fingerprint density at radius 2 is 2.00 bits per heavy atom. The molecule has 122 valence electrons. The van der Waals surface area contributed by atoms with Crippen LogP contribution >= 0.6 is 0 Å². The predicted molar refractivity (Wildman–Crippen MR) is 75.9 cm³/mol. The first kappa shape index (κ1) is 16.6. The van der Waals surface area contributed by atoms with Crippen LogP contribution in [0.25, 0.3) is 0 Å². The number of carbonyl (C=O) groups is 1. The SMILES string of the molecule is C[Si](C)(C)CCOC(=O)N1CC2CC(C1)[C@@H](C(F)(F)F)N2. The number of hydrogen-bond donors (Lipinski definition) is 1. The number of nitrogens with one attached hydrogen (secondary N) is 1. The highest BCUT2D eigenvalue weighted by Crippen LogP contribution is 2.36. The summed E-state index contributed by atoms with van der Waals surface area (Å²) in [5.74, 6) is -0.562. The van der Waals surface area contributed by atoms with E-state index < -0.39 is 32.3 Å². The van der Waals surface area contributed by atoms with Crippen LogP contribution in [0.1, 0.15) is 6.42 Å². The molecular formula is C13H23F3N2O2Si. The summed E-state index contributed by atoms with van der Waals surface area (Å²) >= 11 is 0. The van der Waals surface area contributed by atoms with Gasteiger partial charge in [0.25, 0.3) is 0 Å². The number of amides is 1. The second-order valence-corrected chi connectivity index (χ2v) is 12.8. The monoisotopic (exact) mass is 324 g/mol. The number of rotatable bonds is 3. The fourth-order valence-corrected chi connectivity index (χ4v) is 3.65. The summed E-state index contributed by atoms with van der Waals surface area (Å²) in [6, 6.07) is -0.912. The van der Waals surface area contributed by atoms with E-state index >= 15 is 0 Å². The van der Waals surface area contributed by atoms with Gasteiger partial charge in [-0.15, -0.1) is 0 Å². The van der Waals surface area contributed by atoms with Crippen molar-refractivity contribution in [3.05, 3.63) is 0 Å². The maximum Gasteiger partial charge on any atom is 0.409 e. The Kier molecular flexibility index (Phi) is 4.58. The van der Waals surface area contributed by atoms with Gasteiger partial charge in [-0.05, 0) is 12.5 Å². The molecule has 2 saturated heterocycles. The van der Waals surface area contributed by atoms with E-state index in [4.69, 9.17) is 4.74 Å². The van der Waals surface area contributed by atoms with Crippen molar-refractivity contribution in [2.24, 2.45) is 5.92 Å². The maximum atomic E-state index is 12.9. The lowest BCUT2D eigenvalue weighted by molar-refractivity contribution is -0.161. The standard InChI is InChI=1S/C13H23F3N2O2Si/c1-21(2,3)5-4-20-12(19)18-7-9-6-10(8-18)17-11(9)13(14,15)16/h9-11,17H,4-8H2,1-3H3/t9?,10?,11-/m0/s1. The van der Waals surface area contributed by atoms with Crippen LogP contribution in [0.2, 0.25) is 25.7 Å². The Morgan fingerprint density at radius 1 is 1.33 bits per heavy atom. The third kappa shape index (κ3) is 4.35. The van der Waals surface area contributed by atoms with E-state index in [0.717, 1.165) is 6.04 Å². The average molecular weight is 324 g/mol. The molecule has 0 aliphatic carbocycles. The molecule has 8 heteroatoms. The van der Waals surface area contributed by atoms with Crippen LogP contribution in [0.4, 0.5) is 18.0 Å². The molecule has 3 atom stereocenters. The number of alkyl halides is 3. The van der Waals surface area contributed by atoms with Crippen LogP contribution in [0.15, 0.2) is 0 Å². The summed E-state index contributed by atoms with van der Waals surface area (Å²) in [6.45, 7) is 7.32. The van der Waals surface area contributed by atoms with Gasteiger partial charge in [-0.1, -0.05) is 19.6 Å². The molecule has 0 aromatic rings. The molecule has 0 radical (unpaired) electrons. The molecule has 2 heterocycles. The van der Waals surface area contributed by atoms with Crippen LogP contribution in [0, 0.1) is 5.92 Å². The molecule has 21 heavy (non-hydrogen) atoms. The molecule has 0 spiro atoms. The van der Waals surface area contributed by atoms with Crippen molar-refractivity contribution in [1.82, 2.24) is 10.2 Å². The summed E-state index contributed by atoms with van der Waals surface area (Å²) < 4.78 is 43.8. The van der Waals surface area contributed by atoms with Gasteiger partial charge in [0.1, 0.15) is 6.04 Å². The van der Waals surface area contributed by atoms with Gasteiger partial charge in [0.2, 0.25) is 0 Å². The first-order chi connectivity index (χ1) is 9.56. The Balaban J connectivity index is 1.85. The number of ether oxygens (including phenoxy) is 1. The minimum absolute atomic E-state index is 0.124. The van der Waals surface area contributed by atoms with Crippen molar-refractivity contribution < 1.29 is 22.7 Å². The normalized spacial score (nSPS) is 29.6. The fourth-order valence-electron chi connectivity index (χ4n) is 2.94. The summed E-state index contributed by atoms with van der Waals surface area (Å²) in [5, 5.41) is 2.59. The lowest BCUT2D eigenvalue weighted by Gasteiger charge is -2.31. The number of carbonyl (C=O) groups excluding carboxylic acids is 1. The summed E-state index contributed by atoms with van der Waals surface area (Å²) in [7, 11) is -1.28. The molecule has 0 saturated carbocycles. The Bertz CT molecular complexity index is 398. The molecule has 2 fully saturated rings. The number of nitrogens with zero attached hydrogens (tertiary/aromatic N) is 1. The van der Waals surface area contributed by atoms with E-state index in [0.29, 0.717) is 19.6 Å². The molecule has 1 N–H and O–H groups in total. The predicted octanol–water partition coefficient (Wildman–Crippen LogP) is 2.69. The first-order valence-electron chi connectivity index (χ1n) is 7.31. The second-order valence-electron chi connectivity index (χ2n) is 7.21. The highest BCUT2D eigenvalue weighted by atomic mass is 28.3. The fraction of sp³-hybridized carbons (Fsp3) is 0.923. The van der Waals surface area contributed by atoms with Gasteiger partial charge >= 0.3 is 12.3 Å². The molecule has 0 aromatic heterocycles. The largest absolute Gasteiger partial charge is 0.450 e. The second kappa shape index (κ2) is 5.79. The van der Waals surface area contributed by atoms with Gasteiger partial charge in [-0.3, -0.25) is 0 Å². The average Bonchev–Trinajstić information content (AvgIpc) is 2.62. The van der Waals surface area contributed by atoms with Crippen LogP contribution in [0.5, 0.6) is 0 Å².